The quantitative estimate of drug-likeness (QED) is 0.509. The lowest BCUT2D eigenvalue weighted by Crippen LogP contribution is -2.22. The molecule has 1 aromatic heterocycles. The van der Waals surface area contributed by atoms with Gasteiger partial charge in [-0.05, 0) is 43.0 Å². The number of allylic oxidation sites excluding steroid dienone is 1. The molecule has 0 unspecified atom stereocenters. The molecule has 1 aliphatic rings. The first-order valence-corrected chi connectivity index (χ1v) is 10.3. The van der Waals surface area contributed by atoms with Crippen LogP contribution in [0, 0.1) is 25.2 Å². The topological polar surface area (TPSA) is 86.1 Å². The van der Waals surface area contributed by atoms with Gasteiger partial charge in [0, 0.05) is 5.39 Å². The van der Waals surface area contributed by atoms with Crippen molar-refractivity contribution in [1.29, 1.82) is 5.26 Å². The first kappa shape index (κ1) is 19.7. The Bertz CT molecular complexity index is 1420. The molecule has 3 aromatic carbocycles. The highest BCUT2D eigenvalue weighted by Gasteiger charge is 2.37. The maximum atomic E-state index is 10.0. The highest BCUT2D eigenvalue weighted by molar-refractivity contribution is 5.92. The van der Waals surface area contributed by atoms with Crippen LogP contribution in [0.4, 0.5) is 0 Å². The molecule has 0 fully saturated rings. The summed E-state index contributed by atoms with van der Waals surface area (Å²) < 4.78 is 13.3. The molecule has 6 heteroatoms. The fraction of sp³-hybridized carbons (Fsp3) is 0.154. The van der Waals surface area contributed by atoms with E-state index >= 15 is 0 Å². The van der Waals surface area contributed by atoms with Crippen LogP contribution in [0.25, 0.3) is 16.5 Å². The van der Waals surface area contributed by atoms with Crippen LogP contribution in [0.2, 0.25) is 0 Å². The van der Waals surface area contributed by atoms with Gasteiger partial charge in [0.1, 0.15) is 17.4 Å². The van der Waals surface area contributed by atoms with Crippen molar-refractivity contribution in [1.82, 2.24) is 9.78 Å². The van der Waals surface area contributed by atoms with E-state index in [1.165, 1.54) is 0 Å². The third-order valence-corrected chi connectivity index (χ3v) is 5.96. The highest BCUT2D eigenvalue weighted by Crippen LogP contribution is 2.47. The van der Waals surface area contributed by atoms with E-state index < -0.39 is 5.92 Å². The van der Waals surface area contributed by atoms with Gasteiger partial charge in [-0.1, -0.05) is 48.0 Å². The summed E-state index contributed by atoms with van der Waals surface area (Å²) in [6.45, 7) is 3.97. The van der Waals surface area contributed by atoms with E-state index in [0.717, 1.165) is 44.6 Å². The molecule has 158 valence electrons. The molecule has 5 rings (SSSR count). The predicted molar refractivity (Wildman–Crippen MR) is 123 cm³/mol. The number of rotatable bonds is 3. The van der Waals surface area contributed by atoms with Crippen LogP contribution in [-0.4, -0.2) is 16.9 Å². The molecule has 0 radical (unpaired) electrons. The van der Waals surface area contributed by atoms with Crippen molar-refractivity contribution >= 4 is 10.8 Å². The van der Waals surface area contributed by atoms with Gasteiger partial charge in [-0.2, -0.15) is 10.4 Å². The monoisotopic (exact) mass is 422 g/mol. The van der Waals surface area contributed by atoms with Crippen molar-refractivity contribution in [3.63, 3.8) is 0 Å². The number of hydrogen-bond donors (Lipinski definition) is 1. The van der Waals surface area contributed by atoms with Gasteiger partial charge in [0.15, 0.2) is 0 Å². The zero-order chi connectivity index (χ0) is 22.4. The fourth-order valence-electron chi connectivity index (χ4n) is 4.41. The molecule has 4 aromatic rings. The number of nitriles is 1. The standard InChI is InChI=1S/C26H22N4O2/c1-15-8-10-17(11-9-15)30-26-23(16(2)29-30)24(21(14-27)25(28)32-26)20-12-13-22(31-3)19-7-5-4-6-18(19)20/h4-13,24H,28H2,1-3H3/t24-/m1/s1. The van der Waals surface area contributed by atoms with E-state index in [2.05, 4.69) is 6.07 Å². The SMILES string of the molecule is COc1ccc([C@@H]2C(C#N)=C(N)Oc3c2c(C)nn3-c2ccc(C)cc2)c2ccccc12. The number of nitrogens with two attached hydrogens (primary N) is 1. The molecule has 1 atom stereocenters. The molecule has 0 spiro atoms. The molecule has 0 bridgehead atoms. The zero-order valence-corrected chi connectivity index (χ0v) is 18.1. The molecule has 32 heavy (non-hydrogen) atoms. The van der Waals surface area contributed by atoms with E-state index in [0.29, 0.717) is 11.5 Å². The van der Waals surface area contributed by atoms with Gasteiger partial charge in [-0.3, -0.25) is 0 Å². The molecule has 1 aliphatic heterocycles. The lowest BCUT2D eigenvalue weighted by Gasteiger charge is -2.26. The Balaban J connectivity index is 1.79. The summed E-state index contributed by atoms with van der Waals surface area (Å²) in [4.78, 5) is 0. The van der Waals surface area contributed by atoms with Gasteiger partial charge < -0.3 is 15.2 Å². The van der Waals surface area contributed by atoms with Gasteiger partial charge in [0.05, 0.1) is 30.0 Å². The first-order chi connectivity index (χ1) is 15.5. The maximum Gasteiger partial charge on any atom is 0.229 e. The van der Waals surface area contributed by atoms with Crippen LogP contribution >= 0.6 is 0 Å². The third-order valence-electron chi connectivity index (χ3n) is 5.96. The molecule has 2 heterocycles. The molecular formula is C26H22N4O2. The average Bonchev–Trinajstić information content (AvgIpc) is 3.13. The lowest BCUT2D eigenvalue weighted by atomic mass is 9.82. The summed E-state index contributed by atoms with van der Waals surface area (Å²) in [5.74, 6) is 1.00. The number of hydrogen-bond acceptors (Lipinski definition) is 5. The minimum absolute atomic E-state index is 0.0955. The Morgan fingerprint density at radius 2 is 1.75 bits per heavy atom. The lowest BCUT2D eigenvalue weighted by molar-refractivity contribution is 0.367. The van der Waals surface area contributed by atoms with Crippen molar-refractivity contribution in [2.24, 2.45) is 5.73 Å². The largest absolute Gasteiger partial charge is 0.496 e. The van der Waals surface area contributed by atoms with Crippen LogP contribution in [-0.2, 0) is 0 Å². The average molecular weight is 422 g/mol. The number of methoxy groups -OCH3 is 1. The number of aryl methyl sites for hydroxylation is 2. The highest BCUT2D eigenvalue weighted by atomic mass is 16.5. The Kier molecular flexibility index (Phi) is 4.60. The molecule has 0 aliphatic carbocycles. The van der Waals surface area contributed by atoms with Crippen molar-refractivity contribution < 1.29 is 9.47 Å². The summed E-state index contributed by atoms with van der Waals surface area (Å²) in [5.41, 5.74) is 11.3. The minimum atomic E-state index is -0.404. The van der Waals surface area contributed by atoms with E-state index in [4.69, 9.17) is 20.3 Å². The van der Waals surface area contributed by atoms with Gasteiger partial charge in [0.2, 0.25) is 11.8 Å². The number of ether oxygens (including phenoxy) is 2. The summed E-state index contributed by atoms with van der Waals surface area (Å²) >= 11 is 0. The molecule has 6 nitrogen and oxygen atoms in total. The van der Waals surface area contributed by atoms with Crippen molar-refractivity contribution in [2.45, 2.75) is 19.8 Å². The molecule has 0 saturated carbocycles. The second-order valence-corrected chi connectivity index (χ2v) is 7.88. The first-order valence-electron chi connectivity index (χ1n) is 10.3. The second kappa shape index (κ2) is 7.47. The summed E-state index contributed by atoms with van der Waals surface area (Å²) in [7, 11) is 1.66. The van der Waals surface area contributed by atoms with Crippen LogP contribution in [0.5, 0.6) is 11.6 Å². The van der Waals surface area contributed by atoms with E-state index in [1.807, 2.05) is 74.5 Å². The summed E-state index contributed by atoms with van der Waals surface area (Å²) in [6.07, 6.45) is 0. The van der Waals surface area contributed by atoms with Crippen molar-refractivity contribution in [3.8, 4) is 23.4 Å². The number of nitrogens with zero attached hydrogens (tertiary/aromatic N) is 3. The van der Waals surface area contributed by atoms with Crippen LogP contribution in [0.1, 0.15) is 28.3 Å². The number of benzene rings is 3. The van der Waals surface area contributed by atoms with Crippen LogP contribution < -0.4 is 15.2 Å². The van der Waals surface area contributed by atoms with Gasteiger partial charge in [0.25, 0.3) is 0 Å². The van der Waals surface area contributed by atoms with Gasteiger partial charge >= 0.3 is 0 Å². The maximum absolute atomic E-state index is 10.0. The van der Waals surface area contributed by atoms with Crippen molar-refractivity contribution in [2.75, 3.05) is 7.11 Å². The Morgan fingerprint density at radius 1 is 1.03 bits per heavy atom. The second-order valence-electron chi connectivity index (χ2n) is 7.88. The molecule has 0 amide bonds. The van der Waals surface area contributed by atoms with Crippen molar-refractivity contribution in [3.05, 3.63) is 94.5 Å². The number of fused-ring (bicyclic) bond motifs is 2. The Hall–Kier alpha value is -4.24. The normalized spacial score (nSPS) is 15.2. The summed E-state index contributed by atoms with van der Waals surface area (Å²) in [5, 5.41) is 16.7. The summed E-state index contributed by atoms with van der Waals surface area (Å²) in [6, 6.07) is 22.2. The molecule has 2 N–H and O–H groups in total. The number of aromatic nitrogens is 2. The van der Waals surface area contributed by atoms with Crippen LogP contribution in [0.3, 0.4) is 0 Å². The molecular weight excluding hydrogens is 400 g/mol. The van der Waals surface area contributed by atoms with E-state index in [9.17, 15) is 5.26 Å². The van der Waals surface area contributed by atoms with Crippen LogP contribution in [0.15, 0.2) is 72.1 Å². The smallest absolute Gasteiger partial charge is 0.229 e. The Morgan fingerprint density at radius 3 is 2.44 bits per heavy atom. The fourth-order valence-corrected chi connectivity index (χ4v) is 4.41. The molecule has 0 saturated heterocycles. The minimum Gasteiger partial charge on any atom is -0.496 e. The van der Waals surface area contributed by atoms with E-state index in [-0.39, 0.29) is 5.88 Å². The predicted octanol–water partition coefficient (Wildman–Crippen LogP) is 4.87. The van der Waals surface area contributed by atoms with Gasteiger partial charge in [-0.15, -0.1) is 0 Å². The van der Waals surface area contributed by atoms with Gasteiger partial charge in [-0.25, -0.2) is 4.68 Å². The van der Waals surface area contributed by atoms with E-state index in [1.54, 1.807) is 11.8 Å². The third kappa shape index (κ3) is 2.90. The Labute approximate surface area is 186 Å². The zero-order valence-electron chi connectivity index (χ0n) is 18.1.